The van der Waals surface area contributed by atoms with Crippen molar-refractivity contribution in [3.05, 3.63) is 59.9 Å². The first kappa shape index (κ1) is 14.4. The van der Waals surface area contributed by atoms with Gasteiger partial charge in [-0.05, 0) is 23.6 Å². The summed E-state index contributed by atoms with van der Waals surface area (Å²) in [4.78, 5) is 6.64. The highest BCUT2D eigenvalue weighted by molar-refractivity contribution is 5.81. The van der Waals surface area contributed by atoms with Crippen molar-refractivity contribution in [3.63, 3.8) is 0 Å². The van der Waals surface area contributed by atoms with Gasteiger partial charge in [0.2, 0.25) is 0 Å². The quantitative estimate of drug-likeness (QED) is 0.674. The zero-order valence-electron chi connectivity index (χ0n) is 12.8. The summed E-state index contributed by atoms with van der Waals surface area (Å²) in [6.07, 6.45) is 5.09. The third kappa shape index (κ3) is 3.36. The van der Waals surface area contributed by atoms with E-state index in [0.29, 0.717) is 6.54 Å². The van der Waals surface area contributed by atoms with E-state index in [9.17, 15) is 0 Å². The molecule has 0 fully saturated rings. The Bertz CT molecular complexity index is 643. The summed E-state index contributed by atoms with van der Waals surface area (Å²) in [6, 6.07) is 12.5. The molecule has 22 heavy (non-hydrogen) atoms. The van der Waals surface area contributed by atoms with Gasteiger partial charge in [-0.2, -0.15) is 5.10 Å². The Morgan fingerprint density at radius 3 is 2.82 bits per heavy atom. The van der Waals surface area contributed by atoms with Crippen LogP contribution in [0.2, 0.25) is 0 Å². The summed E-state index contributed by atoms with van der Waals surface area (Å²) in [7, 11) is 1.83. The van der Waals surface area contributed by atoms with Crippen LogP contribution in [0.3, 0.4) is 0 Å². The number of nitrogens with zero attached hydrogens (tertiary/aromatic N) is 3. The lowest BCUT2D eigenvalue weighted by Gasteiger charge is -2.29. The molecule has 0 saturated heterocycles. The van der Waals surface area contributed by atoms with Gasteiger partial charge in [0.25, 0.3) is 0 Å². The molecule has 0 radical (unpaired) electrons. The summed E-state index contributed by atoms with van der Waals surface area (Å²) in [5.41, 5.74) is 3.79. The second-order valence-corrected chi connectivity index (χ2v) is 5.27. The lowest BCUT2D eigenvalue weighted by atomic mass is 10.00. The molecule has 1 aromatic heterocycles. The van der Waals surface area contributed by atoms with Crippen molar-refractivity contribution in [2.24, 2.45) is 4.99 Å². The summed E-state index contributed by atoms with van der Waals surface area (Å²) < 4.78 is 0. The summed E-state index contributed by atoms with van der Waals surface area (Å²) in [5, 5.41) is 10.3. The second kappa shape index (κ2) is 6.93. The Kier molecular flexibility index (Phi) is 4.53. The van der Waals surface area contributed by atoms with Gasteiger partial charge in [0.1, 0.15) is 0 Å². The van der Waals surface area contributed by atoms with Crippen LogP contribution in [0.25, 0.3) is 5.57 Å². The molecule has 1 aliphatic heterocycles. The SMILES string of the molecule is CN=C(NCc1ccn[nH]1)N1CC=C(c2ccccc2)CC1. The fraction of sp³-hybridized carbons (Fsp3) is 0.294. The molecule has 5 nitrogen and oxygen atoms in total. The number of H-pyrrole nitrogens is 1. The first-order valence-corrected chi connectivity index (χ1v) is 7.55. The summed E-state index contributed by atoms with van der Waals surface area (Å²) in [5.74, 6) is 0.929. The van der Waals surface area contributed by atoms with Gasteiger partial charge in [-0.1, -0.05) is 36.4 Å². The van der Waals surface area contributed by atoms with Crippen LogP contribution in [0.15, 0.2) is 53.7 Å². The van der Waals surface area contributed by atoms with E-state index in [-0.39, 0.29) is 0 Å². The summed E-state index contributed by atoms with van der Waals surface area (Å²) >= 11 is 0. The number of hydrogen-bond donors (Lipinski definition) is 2. The third-order valence-electron chi connectivity index (χ3n) is 3.86. The van der Waals surface area contributed by atoms with Crippen LogP contribution < -0.4 is 5.32 Å². The lowest BCUT2D eigenvalue weighted by Crippen LogP contribution is -2.43. The number of benzene rings is 1. The average molecular weight is 295 g/mol. The van der Waals surface area contributed by atoms with Crippen molar-refractivity contribution in [3.8, 4) is 0 Å². The number of guanidine groups is 1. The molecule has 5 heteroatoms. The van der Waals surface area contributed by atoms with E-state index in [0.717, 1.165) is 31.2 Å². The smallest absolute Gasteiger partial charge is 0.194 e. The van der Waals surface area contributed by atoms with E-state index in [1.807, 2.05) is 13.1 Å². The van der Waals surface area contributed by atoms with Crippen molar-refractivity contribution < 1.29 is 0 Å². The van der Waals surface area contributed by atoms with Crippen molar-refractivity contribution in [1.82, 2.24) is 20.4 Å². The Morgan fingerprint density at radius 1 is 1.32 bits per heavy atom. The fourth-order valence-corrected chi connectivity index (χ4v) is 2.67. The van der Waals surface area contributed by atoms with Crippen LogP contribution in [0.4, 0.5) is 0 Å². The van der Waals surface area contributed by atoms with Crippen LogP contribution >= 0.6 is 0 Å². The standard InChI is InChI=1S/C17H21N5/c1-18-17(19-13-16-7-10-20-21-16)22-11-8-15(9-12-22)14-5-3-2-4-6-14/h2-8,10H,9,11-13H2,1H3,(H,18,19)(H,20,21). The predicted molar refractivity (Wildman–Crippen MR) is 89.4 cm³/mol. The molecule has 0 unspecified atom stereocenters. The Morgan fingerprint density at radius 2 is 2.18 bits per heavy atom. The number of nitrogens with one attached hydrogen (secondary N) is 2. The van der Waals surface area contributed by atoms with E-state index < -0.39 is 0 Å². The molecule has 1 aromatic carbocycles. The van der Waals surface area contributed by atoms with Crippen molar-refractivity contribution in [2.45, 2.75) is 13.0 Å². The number of hydrogen-bond acceptors (Lipinski definition) is 2. The highest BCUT2D eigenvalue weighted by atomic mass is 15.3. The maximum Gasteiger partial charge on any atom is 0.194 e. The van der Waals surface area contributed by atoms with Crippen LogP contribution in [-0.4, -0.2) is 41.2 Å². The van der Waals surface area contributed by atoms with Crippen LogP contribution in [0.1, 0.15) is 17.7 Å². The zero-order chi connectivity index (χ0) is 15.2. The number of aliphatic imine (C=N–C) groups is 1. The molecule has 114 valence electrons. The molecule has 0 spiro atoms. The second-order valence-electron chi connectivity index (χ2n) is 5.27. The molecule has 3 rings (SSSR count). The molecule has 0 amide bonds. The van der Waals surface area contributed by atoms with E-state index >= 15 is 0 Å². The number of rotatable bonds is 3. The van der Waals surface area contributed by atoms with E-state index in [1.54, 1.807) is 6.20 Å². The van der Waals surface area contributed by atoms with Crippen molar-refractivity contribution in [2.75, 3.05) is 20.1 Å². The van der Waals surface area contributed by atoms with Gasteiger partial charge in [0.15, 0.2) is 5.96 Å². The predicted octanol–water partition coefficient (Wildman–Crippen LogP) is 2.27. The van der Waals surface area contributed by atoms with Crippen molar-refractivity contribution >= 4 is 11.5 Å². The number of aromatic nitrogens is 2. The Balaban J connectivity index is 1.60. The van der Waals surface area contributed by atoms with Crippen LogP contribution in [0.5, 0.6) is 0 Å². The molecule has 2 aromatic rings. The molecular weight excluding hydrogens is 274 g/mol. The zero-order valence-corrected chi connectivity index (χ0v) is 12.8. The number of aromatic amines is 1. The van der Waals surface area contributed by atoms with Gasteiger partial charge in [-0.15, -0.1) is 0 Å². The third-order valence-corrected chi connectivity index (χ3v) is 3.86. The van der Waals surface area contributed by atoms with Crippen molar-refractivity contribution in [1.29, 1.82) is 0 Å². The van der Waals surface area contributed by atoms with Gasteiger partial charge in [-0.3, -0.25) is 10.1 Å². The minimum Gasteiger partial charge on any atom is -0.351 e. The minimum atomic E-state index is 0.707. The van der Waals surface area contributed by atoms with Gasteiger partial charge >= 0.3 is 0 Å². The molecule has 0 bridgehead atoms. The first-order chi connectivity index (χ1) is 10.9. The highest BCUT2D eigenvalue weighted by Gasteiger charge is 2.15. The normalized spacial score (nSPS) is 15.6. The molecule has 0 saturated carbocycles. The largest absolute Gasteiger partial charge is 0.351 e. The lowest BCUT2D eigenvalue weighted by molar-refractivity contribution is 0.439. The maximum atomic E-state index is 4.38. The highest BCUT2D eigenvalue weighted by Crippen LogP contribution is 2.21. The van der Waals surface area contributed by atoms with E-state index in [2.05, 4.69) is 61.8 Å². The molecule has 2 N–H and O–H groups in total. The maximum absolute atomic E-state index is 4.38. The van der Waals surface area contributed by atoms with Crippen LogP contribution in [0, 0.1) is 0 Å². The average Bonchev–Trinajstić information content (AvgIpc) is 3.10. The first-order valence-electron chi connectivity index (χ1n) is 7.55. The molecule has 0 aliphatic carbocycles. The van der Waals surface area contributed by atoms with Gasteiger partial charge in [0, 0.05) is 26.3 Å². The Hall–Kier alpha value is -2.56. The van der Waals surface area contributed by atoms with Gasteiger partial charge < -0.3 is 10.2 Å². The topological polar surface area (TPSA) is 56.3 Å². The summed E-state index contributed by atoms with van der Waals surface area (Å²) in [6.45, 7) is 2.56. The fourth-order valence-electron chi connectivity index (χ4n) is 2.67. The molecular formula is C17H21N5. The van der Waals surface area contributed by atoms with Gasteiger partial charge in [0.05, 0.1) is 12.2 Å². The van der Waals surface area contributed by atoms with E-state index in [4.69, 9.17) is 0 Å². The van der Waals surface area contributed by atoms with Gasteiger partial charge in [-0.25, -0.2) is 0 Å². The Labute approximate surface area is 130 Å². The monoisotopic (exact) mass is 295 g/mol. The molecule has 0 atom stereocenters. The van der Waals surface area contributed by atoms with E-state index in [1.165, 1.54) is 11.1 Å². The van der Waals surface area contributed by atoms with Crippen LogP contribution in [-0.2, 0) is 6.54 Å². The molecule has 2 heterocycles. The minimum absolute atomic E-state index is 0.707. The molecule has 1 aliphatic rings.